The van der Waals surface area contributed by atoms with Crippen LogP contribution in [0.1, 0.15) is 69.7 Å². The zero-order chi connectivity index (χ0) is 42.7. The quantitative estimate of drug-likeness (QED) is 0.284. The number of esters is 1. The van der Waals surface area contributed by atoms with Crippen molar-refractivity contribution in [2.24, 2.45) is 5.92 Å². The summed E-state index contributed by atoms with van der Waals surface area (Å²) in [6, 6.07) is -1.67. The highest BCUT2D eigenvalue weighted by molar-refractivity contribution is 5.98. The van der Waals surface area contributed by atoms with Crippen molar-refractivity contribution in [3.8, 4) is 0 Å². The van der Waals surface area contributed by atoms with Gasteiger partial charge in [-0.1, -0.05) is 13.0 Å². The van der Waals surface area contributed by atoms with E-state index in [9.17, 15) is 47.4 Å². The number of hydrogen-bond acceptors (Lipinski definition) is 10. The van der Waals surface area contributed by atoms with Gasteiger partial charge in [0.05, 0.1) is 12.5 Å². The number of fused-ring (bicyclic) bond motifs is 3. The lowest BCUT2D eigenvalue weighted by Gasteiger charge is -2.39. The van der Waals surface area contributed by atoms with E-state index < -0.39 is 108 Å². The number of halogens is 2. The fraction of sp³-hybridized carbons (Fsp3) is 0.561. The molecule has 0 unspecified atom stereocenters. The number of cyclic esters (lactones) is 1. The van der Waals surface area contributed by atoms with Gasteiger partial charge in [0.1, 0.15) is 54.0 Å². The zero-order valence-corrected chi connectivity index (χ0v) is 33.5. The molecule has 4 saturated heterocycles. The summed E-state index contributed by atoms with van der Waals surface area (Å²) >= 11 is 0. The molecular formula is C41H51F2N7O9. The van der Waals surface area contributed by atoms with Crippen LogP contribution in [0.15, 0.2) is 36.5 Å². The van der Waals surface area contributed by atoms with Gasteiger partial charge in [0.2, 0.25) is 35.4 Å². The molecule has 0 bridgehead atoms. The normalized spacial score (nSPS) is 28.6. The average Bonchev–Trinajstić information content (AvgIpc) is 3.78. The first-order chi connectivity index (χ1) is 28.0. The molecule has 2 aromatic rings. The number of pyridine rings is 1. The fourth-order valence-electron chi connectivity index (χ4n) is 8.43. The number of hydrogen-bond donors (Lipinski definition) is 4. The maximum absolute atomic E-state index is 14.7. The molecule has 6 rings (SSSR count). The number of ether oxygens (including phenoxy) is 1. The van der Waals surface area contributed by atoms with Crippen LogP contribution in [0.4, 0.5) is 8.78 Å². The number of aliphatic hydroxyl groups is 1. The van der Waals surface area contributed by atoms with Gasteiger partial charge in [0.15, 0.2) is 0 Å². The highest BCUT2D eigenvalue weighted by Gasteiger charge is 2.49. The maximum atomic E-state index is 14.7. The topological polar surface area (TPSA) is 208 Å². The van der Waals surface area contributed by atoms with Crippen molar-refractivity contribution in [2.75, 3.05) is 19.6 Å². The molecule has 4 aliphatic heterocycles. The molecule has 59 heavy (non-hydrogen) atoms. The van der Waals surface area contributed by atoms with Crippen molar-refractivity contribution in [2.45, 2.75) is 121 Å². The van der Waals surface area contributed by atoms with E-state index in [-0.39, 0.29) is 56.8 Å². The first kappa shape index (κ1) is 43.1. The number of nitrogens with zero attached hydrogens (tertiary/aromatic N) is 4. The van der Waals surface area contributed by atoms with Gasteiger partial charge in [-0.25, -0.2) is 13.6 Å². The lowest BCUT2D eigenvalue weighted by atomic mass is 9.98. The van der Waals surface area contributed by atoms with E-state index in [4.69, 9.17) is 4.74 Å². The average molecular weight is 824 g/mol. The number of amides is 6. The molecule has 4 N–H and O–H groups in total. The van der Waals surface area contributed by atoms with Crippen LogP contribution in [-0.4, -0.2) is 134 Å². The number of carbonyl (C=O) groups excluding carboxylic acids is 7. The third kappa shape index (κ3) is 10.0. The molecule has 0 radical (unpaired) electrons. The summed E-state index contributed by atoms with van der Waals surface area (Å²) in [6.45, 7) is 6.47. The molecule has 0 aliphatic carbocycles. The smallest absolute Gasteiger partial charge is 0.329 e. The van der Waals surface area contributed by atoms with Crippen LogP contribution in [0.25, 0.3) is 0 Å². The molecule has 4 aliphatic rings. The second-order valence-corrected chi connectivity index (χ2v) is 16.2. The van der Waals surface area contributed by atoms with E-state index in [1.54, 1.807) is 19.1 Å². The third-order valence-corrected chi connectivity index (χ3v) is 11.4. The van der Waals surface area contributed by atoms with E-state index in [0.29, 0.717) is 30.2 Å². The van der Waals surface area contributed by atoms with Crippen LogP contribution in [-0.2, 0) is 51.1 Å². The molecule has 4 fully saturated rings. The van der Waals surface area contributed by atoms with Gasteiger partial charge in [-0.05, 0) is 81.7 Å². The molecular weight excluding hydrogens is 772 g/mol. The number of aliphatic hydroxyl groups excluding tert-OH is 1. The second-order valence-electron chi connectivity index (χ2n) is 16.2. The Hall–Kier alpha value is -5.52. The van der Waals surface area contributed by atoms with Gasteiger partial charge < -0.3 is 40.5 Å². The standard InChI is InChI=1S/C41H51F2N7O9/c1-21-11-33-41(58)59-24(4)35(47-36(53)30(14-26-12-27(42)16-28(43)13-26)46-34(52)15-25-9-8-22(2)44-18-25)40(57)50-20-29(51)17-32(50)39(56)48-10-6-5-7-31(48)37(54)45-23(3)38(55)49(33)19-21/h8-9,12-13,16,18,21,23-24,29-33,35,51H,5-7,10-11,14-15,17,19-20H2,1-4H3,(H,45,54)(H,46,52)(H,47,53)/t21-,23+,24+,29-,30+,31+,32+,33+,35+/m1/s1. The van der Waals surface area contributed by atoms with E-state index in [2.05, 4.69) is 20.9 Å². The molecule has 0 spiro atoms. The van der Waals surface area contributed by atoms with Gasteiger partial charge in [-0.15, -0.1) is 0 Å². The lowest BCUT2D eigenvalue weighted by Crippen LogP contribution is -2.63. The van der Waals surface area contributed by atoms with Gasteiger partial charge in [0, 0.05) is 50.4 Å². The number of piperidine rings is 1. The summed E-state index contributed by atoms with van der Waals surface area (Å²) in [5.74, 6) is -7.16. The van der Waals surface area contributed by atoms with Gasteiger partial charge in [-0.2, -0.15) is 0 Å². The van der Waals surface area contributed by atoms with E-state index in [1.807, 2.05) is 6.92 Å². The first-order valence-electron chi connectivity index (χ1n) is 20.1. The van der Waals surface area contributed by atoms with Crippen LogP contribution < -0.4 is 16.0 Å². The van der Waals surface area contributed by atoms with Crippen LogP contribution in [0.3, 0.4) is 0 Å². The number of benzene rings is 1. The molecule has 18 heteroatoms. The van der Waals surface area contributed by atoms with E-state index in [1.165, 1.54) is 29.8 Å². The largest absolute Gasteiger partial charge is 0.458 e. The van der Waals surface area contributed by atoms with E-state index in [0.717, 1.165) is 17.0 Å². The Bertz CT molecular complexity index is 1950. The Balaban J connectivity index is 1.35. The molecule has 0 saturated carbocycles. The van der Waals surface area contributed by atoms with Crippen LogP contribution in [0.2, 0.25) is 0 Å². The number of aromatic nitrogens is 1. The summed E-state index contributed by atoms with van der Waals surface area (Å²) in [7, 11) is 0. The molecule has 16 nitrogen and oxygen atoms in total. The number of carbonyl (C=O) groups is 7. The van der Waals surface area contributed by atoms with Gasteiger partial charge >= 0.3 is 5.97 Å². The zero-order valence-electron chi connectivity index (χ0n) is 33.5. The molecule has 9 atom stereocenters. The monoisotopic (exact) mass is 823 g/mol. The molecule has 1 aromatic heterocycles. The highest BCUT2D eigenvalue weighted by Crippen LogP contribution is 2.29. The number of aryl methyl sites for hydroxylation is 1. The second kappa shape index (κ2) is 18.2. The van der Waals surface area contributed by atoms with Gasteiger partial charge in [0.25, 0.3) is 0 Å². The predicted molar refractivity (Wildman–Crippen MR) is 205 cm³/mol. The van der Waals surface area contributed by atoms with Crippen molar-refractivity contribution in [1.82, 2.24) is 35.6 Å². The summed E-state index contributed by atoms with van der Waals surface area (Å²) < 4.78 is 34.5. The molecule has 6 amide bonds. The SMILES string of the molecule is Cc1ccc(CC(=O)N[C@@H](Cc2cc(F)cc(F)c2)C(=O)N[C@@H]2C(=O)N3C[C@H](O)C[C@H]3C(=O)N3CCCC[C@H]3C(=O)N[C@@H](C)C(=O)N3C[C@H](C)C[C@H]3C(=O)O[C@H]2C)cn1. The van der Waals surface area contributed by atoms with Gasteiger partial charge in [-0.3, -0.25) is 33.8 Å². The predicted octanol–water partition coefficient (Wildman–Crippen LogP) is 0.453. The Morgan fingerprint density at radius 2 is 1.61 bits per heavy atom. The Morgan fingerprint density at radius 3 is 2.31 bits per heavy atom. The molecule has 1 aromatic carbocycles. The minimum absolute atomic E-state index is 0.00605. The summed E-state index contributed by atoms with van der Waals surface area (Å²) in [6.07, 6.45) is -0.284. The first-order valence-corrected chi connectivity index (χ1v) is 20.1. The van der Waals surface area contributed by atoms with Crippen molar-refractivity contribution < 1.29 is 52.2 Å². The Labute approximate surface area is 340 Å². The highest BCUT2D eigenvalue weighted by atomic mass is 19.1. The van der Waals surface area contributed by atoms with Crippen molar-refractivity contribution in [3.63, 3.8) is 0 Å². The summed E-state index contributed by atoms with van der Waals surface area (Å²) in [4.78, 5) is 106. The maximum Gasteiger partial charge on any atom is 0.329 e. The summed E-state index contributed by atoms with van der Waals surface area (Å²) in [5.41, 5.74) is 1.23. The van der Waals surface area contributed by atoms with Crippen LogP contribution >= 0.6 is 0 Å². The lowest BCUT2D eigenvalue weighted by molar-refractivity contribution is -0.163. The summed E-state index contributed by atoms with van der Waals surface area (Å²) in [5, 5.41) is 18.8. The van der Waals surface area contributed by atoms with E-state index >= 15 is 0 Å². The molecule has 5 heterocycles. The Kier molecular flexibility index (Phi) is 13.3. The number of rotatable bonds is 7. The van der Waals surface area contributed by atoms with Crippen molar-refractivity contribution >= 4 is 41.4 Å². The minimum atomic E-state index is -1.73. The van der Waals surface area contributed by atoms with Crippen LogP contribution in [0.5, 0.6) is 0 Å². The van der Waals surface area contributed by atoms with Crippen molar-refractivity contribution in [1.29, 1.82) is 0 Å². The third-order valence-electron chi connectivity index (χ3n) is 11.4. The molecule has 318 valence electrons. The minimum Gasteiger partial charge on any atom is -0.458 e. The number of nitrogens with one attached hydrogen (secondary N) is 3. The Morgan fingerprint density at radius 1 is 0.898 bits per heavy atom. The van der Waals surface area contributed by atoms with Crippen molar-refractivity contribution in [3.05, 3.63) is 65.0 Å². The van der Waals surface area contributed by atoms with Crippen LogP contribution in [0, 0.1) is 24.5 Å². The fourth-order valence-corrected chi connectivity index (χ4v) is 8.43.